The van der Waals surface area contributed by atoms with Crippen LogP contribution in [-0.4, -0.2) is 90.7 Å². The number of nitrogens with zero attached hydrogens (tertiary/aromatic N) is 3. The van der Waals surface area contributed by atoms with Crippen molar-refractivity contribution in [1.82, 2.24) is 20.9 Å². The minimum Gasteiger partial charge on any atom is -0.493 e. The Balaban J connectivity index is 1.33. The van der Waals surface area contributed by atoms with E-state index < -0.39 is 65.7 Å². The van der Waals surface area contributed by atoms with Gasteiger partial charge in [0.1, 0.15) is 24.3 Å². The van der Waals surface area contributed by atoms with E-state index in [1.165, 1.54) is 31.0 Å². The number of carbonyl (C=O) groups is 8. The zero-order valence-electron chi connectivity index (χ0n) is 32.3. The number of nitrogens with one attached hydrogen (secondary N) is 4. The fraction of sp³-hybridized carbons (Fsp3) is 0.474. The Hall–Kier alpha value is -6.04. The second-order valence-corrected chi connectivity index (χ2v) is 13.9. The first kappa shape index (κ1) is 44.4. The van der Waals surface area contributed by atoms with E-state index in [4.69, 9.17) is 15.2 Å². The highest BCUT2D eigenvalue weighted by Gasteiger charge is 2.34. The predicted molar refractivity (Wildman–Crippen MR) is 202 cm³/mol. The van der Waals surface area contributed by atoms with Gasteiger partial charge in [-0.2, -0.15) is 0 Å². The maximum atomic E-state index is 12.8. The van der Waals surface area contributed by atoms with E-state index in [2.05, 4.69) is 31.5 Å². The van der Waals surface area contributed by atoms with Gasteiger partial charge in [0.2, 0.25) is 11.8 Å². The van der Waals surface area contributed by atoms with Gasteiger partial charge in [0.15, 0.2) is 5.78 Å². The average Bonchev–Trinajstić information content (AvgIpc) is 3.48. The van der Waals surface area contributed by atoms with Crippen LogP contribution in [0.4, 0.5) is 15.3 Å². The molecule has 0 radical (unpaired) electrons. The highest BCUT2D eigenvalue weighted by molar-refractivity contribution is 6.10. The topological polar surface area (TPSA) is 257 Å². The van der Waals surface area contributed by atoms with Gasteiger partial charge in [-0.05, 0) is 67.0 Å². The van der Waals surface area contributed by atoms with Crippen molar-refractivity contribution in [2.45, 2.75) is 84.5 Å². The normalized spacial score (nSPS) is 14.2. The van der Waals surface area contributed by atoms with Crippen molar-refractivity contribution in [2.24, 2.45) is 27.8 Å². The number of hydrogen-bond acceptors (Lipinski definition) is 11. The Kier molecular flexibility index (Phi) is 16.8. The van der Waals surface area contributed by atoms with Gasteiger partial charge in [0.25, 0.3) is 17.7 Å². The van der Waals surface area contributed by atoms with Crippen molar-refractivity contribution in [1.29, 1.82) is 0 Å². The molecule has 0 spiro atoms. The van der Waals surface area contributed by atoms with E-state index in [9.17, 15) is 38.4 Å². The highest BCUT2D eigenvalue weighted by Crippen LogP contribution is 2.26. The summed E-state index contributed by atoms with van der Waals surface area (Å²) in [5.74, 6) is -4.15. The van der Waals surface area contributed by atoms with Crippen LogP contribution in [0, 0.1) is 11.8 Å². The van der Waals surface area contributed by atoms with Crippen molar-refractivity contribution in [3.05, 3.63) is 59.7 Å². The van der Waals surface area contributed by atoms with Gasteiger partial charge in [-0.15, -0.1) is 10.2 Å². The van der Waals surface area contributed by atoms with Crippen LogP contribution in [0.2, 0.25) is 0 Å². The Morgan fingerprint density at radius 2 is 1.50 bits per heavy atom. The molecule has 18 nitrogen and oxygen atoms in total. The maximum Gasteiger partial charge on any atom is 0.410 e. The van der Waals surface area contributed by atoms with Gasteiger partial charge in [-0.3, -0.25) is 34.1 Å². The van der Waals surface area contributed by atoms with E-state index in [0.717, 1.165) is 0 Å². The Labute approximate surface area is 324 Å². The molecule has 302 valence electrons. The number of hydrogen-bond donors (Lipinski definition) is 5. The first-order valence-corrected chi connectivity index (χ1v) is 18.1. The molecular formula is C38H50N8O10. The molecule has 2 aromatic carbocycles. The van der Waals surface area contributed by atoms with Crippen LogP contribution in [0.5, 0.6) is 5.75 Å². The van der Waals surface area contributed by atoms with Gasteiger partial charge in [-0.25, -0.2) is 9.59 Å². The van der Waals surface area contributed by atoms with Gasteiger partial charge in [0.05, 0.1) is 25.1 Å². The lowest BCUT2D eigenvalue weighted by Crippen LogP contribution is -2.53. The van der Waals surface area contributed by atoms with Crippen molar-refractivity contribution in [3.63, 3.8) is 0 Å². The minimum atomic E-state index is -1.06. The Bertz CT molecular complexity index is 1760. The molecule has 1 aliphatic rings. The summed E-state index contributed by atoms with van der Waals surface area (Å²) in [5, 5.41) is 16.6. The smallest absolute Gasteiger partial charge is 0.410 e. The summed E-state index contributed by atoms with van der Waals surface area (Å²) < 4.78 is 10.9. The molecule has 0 fully saturated rings. The van der Waals surface area contributed by atoms with Gasteiger partial charge >= 0.3 is 12.1 Å². The number of benzene rings is 2. The summed E-state index contributed by atoms with van der Waals surface area (Å²) >= 11 is 0. The van der Waals surface area contributed by atoms with Crippen LogP contribution in [0.3, 0.4) is 0 Å². The molecule has 1 unspecified atom stereocenters. The van der Waals surface area contributed by atoms with Crippen LogP contribution < -0.4 is 31.7 Å². The second-order valence-electron chi connectivity index (χ2n) is 13.9. The van der Waals surface area contributed by atoms with E-state index >= 15 is 0 Å². The number of ether oxygens (including phenoxy) is 2. The number of nitrogens with two attached hydrogens (primary N) is 1. The Morgan fingerprint density at radius 3 is 2.07 bits per heavy atom. The van der Waals surface area contributed by atoms with Crippen molar-refractivity contribution in [2.75, 3.05) is 25.5 Å². The van der Waals surface area contributed by atoms with Gasteiger partial charge < -0.3 is 36.1 Å². The largest absolute Gasteiger partial charge is 0.493 e. The predicted octanol–water partition coefficient (Wildman–Crippen LogP) is 2.95. The fourth-order valence-corrected chi connectivity index (χ4v) is 5.76. The third-order valence-corrected chi connectivity index (χ3v) is 8.71. The summed E-state index contributed by atoms with van der Waals surface area (Å²) in [7, 11) is 1.52. The van der Waals surface area contributed by atoms with Crippen LogP contribution in [0.25, 0.3) is 0 Å². The van der Waals surface area contributed by atoms with E-state index in [1.807, 2.05) is 13.8 Å². The SMILES string of the molecule is CC(=O)[C@H](C(C)C)N(C)C(=O)OCc1ccc(NC(=O)C(N)CCCNC(=O)NC(=O)[C@@H](NC(=O)CCOc2ccc(C3C(=O)N=NC3=O)cc2)C(C)C)cc1. The number of imide groups is 1. The molecule has 1 aliphatic heterocycles. The van der Waals surface area contributed by atoms with Crippen LogP contribution >= 0.6 is 0 Å². The second kappa shape index (κ2) is 21.2. The number of ketones is 1. The molecule has 2 aromatic rings. The summed E-state index contributed by atoms with van der Waals surface area (Å²) in [6.45, 7) is 8.59. The van der Waals surface area contributed by atoms with Gasteiger partial charge in [-0.1, -0.05) is 52.0 Å². The monoisotopic (exact) mass is 778 g/mol. The molecule has 3 rings (SSSR count). The number of carbonyl (C=O) groups excluding carboxylic acids is 8. The van der Waals surface area contributed by atoms with E-state index in [0.29, 0.717) is 29.0 Å². The first-order chi connectivity index (χ1) is 26.5. The molecular weight excluding hydrogens is 728 g/mol. The first-order valence-electron chi connectivity index (χ1n) is 18.1. The molecule has 0 saturated heterocycles. The molecule has 18 heteroatoms. The third-order valence-electron chi connectivity index (χ3n) is 8.71. The zero-order valence-corrected chi connectivity index (χ0v) is 32.3. The number of anilines is 1. The molecule has 0 bridgehead atoms. The molecule has 3 atom stereocenters. The average molecular weight is 779 g/mol. The van der Waals surface area contributed by atoms with Crippen molar-refractivity contribution < 1.29 is 47.8 Å². The van der Waals surface area contributed by atoms with Crippen molar-refractivity contribution >= 4 is 53.1 Å². The van der Waals surface area contributed by atoms with Crippen LogP contribution in [-0.2, 0) is 40.1 Å². The molecule has 56 heavy (non-hydrogen) atoms. The summed E-state index contributed by atoms with van der Waals surface area (Å²) in [5.41, 5.74) is 7.60. The van der Waals surface area contributed by atoms with Crippen LogP contribution in [0.15, 0.2) is 58.8 Å². The minimum absolute atomic E-state index is 0.0283. The summed E-state index contributed by atoms with van der Waals surface area (Å²) in [6, 6.07) is 9.52. The summed E-state index contributed by atoms with van der Waals surface area (Å²) in [4.78, 5) is 99.6. The molecule has 0 aromatic heterocycles. The van der Waals surface area contributed by atoms with Gasteiger partial charge in [0, 0.05) is 19.3 Å². The molecule has 0 aliphatic carbocycles. The molecule has 1 heterocycles. The standard InChI is InChI=1S/C38H50N8O10/c1-21(2)31(42-29(48)17-19-55-27-15-11-25(12-16-27)30-34(50)44-45-35(30)51)36(52)43-37(53)40-18-7-8-28(39)33(49)41-26-13-9-24(10-14-26)20-56-38(54)46(6)32(22(3)4)23(5)47/h9-16,21-22,28,30-32H,7-8,17-20,39H2,1-6H3,(H,41,49)(H,42,48)(H2,40,43,52,53)/t28?,31-,32-/m0/s1. The highest BCUT2D eigenvalue weighted by atomic mass is 16.6. The lowest BCUT2D eigenvalue weighted by molar-refractivity contribution is -0.129. The zero-order chi connectivity index (χ0) is 41.5. The quantitative estimate of drug-likeness (QED) is 0.102. The van der Waals surface area contributed by atoms with Crippen molar-refractivity contribution in [3.8, 4) is 5.75 Å². The number of Topliss-reactive ketones (excluding diaryl/α,β-unsaturated/α-hetero) is 1. The number of amides is 8. The van der Waals surface area contributed by atoms with E-state index in [1.54, 1.807) is 50.2 Å². The molecule has 8 amide bonds. The fourth-order valence-electron chi connectivity index (χ4n) is 5.76. The number of urea groups is 1. The molecule has 0 saturated carbocycles. The number of azo groups is 1. The lowest BCUT2D eigenvalue weighted by Gasteiger charge is -2.28. The van der Waals surface area contributed by atoms with E-state index in [-0.39, 0.29) is 50.2 Å². The van der Waals surface area contributed by atoms with Crippen LogP contribution in [0.1, 0.15) is 70.9 Å². The molecule has 6 N–H and O–H groups in total. The maximum absolute atomic E-state index is 12.8. The summed E-state index contributed by atoms with van der Waals surface area (Å²) in [6.07, 6.45) is -0.173. The number of rotatable bonds is 19. The number of likely N-dealkylation sites (N-methyl/N-ethyl adjacent to an activating group) is 1. The Morgan fingerprint density at radius 1 is 0.875 bits per heavy atom. The third kappa shape index (κ3) is 13.4. The lowest BCUT2D eigenvalue weighted by atomic mass is 9.99.